The summed E-state index contributed by atoms with van der Waals surface area (Å²) in [5.74, 6) is 1.10. The van der Waals surface area contributed by atoms with E-state index >= 15 is 0 Å². The maximum Gasteiger partial charge on any atom is 0.338 e. The number of rotatable bonds is 6. The van der Waals surface area contributed by atoms with E-state index in [2.05, 4.69) is 5.16 Å². The smallest absolute Gasteiger partial charge is 0.338 e. The van der Waals surface area contributed by atoms with Crippen LogP contribution in [0.4, 0.5) is 0 Å². The van der Waals surface area contributed by atoms with Gasteiger partial charge in [0.05, 0.1) is 32.6 Å². The lowest BCUT2D eigenvalue weighted by atomic mass is 10.2. The van der Waals surface area contributed by atoms with Crippen molar-refractivity contribution in [3.63, 3.8) is 0 Å². The van der Waals surface area contributed by atoms with Crippen LogP contribution in [0.3, 0.4) is 0 Å². The monoisotopic (exact) mass is 307 g/mol. The number of esters is 1. The number of aryl methyl sites for hydroxylation is 1. The fourth-order valence-corrected chi connectivity index (χ4v) is 1.90. The average molecular weight is 307 g/mol. The Kier molecular flexibility index (Phi) is 4.88. The van der Waals surface area contributed by atoms with Gasteiger partial charge in [0.25, 0.3) is 0 Å². The third-order valence-electron chi connectivity index (χ3n) is 2.92. The highest BCUT2D eigenvalue weighted by molar-refractivity contribution is 5.91. The molecule has 118 valence electrons. The van der Waals surface area contributed by atoms with Crippen molar-refractivity contribution in [3.8, 4) is 17.2 Å². The third-order valence-corrected chi connectivity index (χ3v) is 2.92. The first-order chi connectivity index (χ1) is 10.6. The molecule has 22 heavy (non-hydrogen) atoms. The SMILES string of the molecule is COc1cc(C(=O)OCc2cc(C)no2)cc(OC)c1OC. The number of carbonyl (C=O) groups is 1. The second-order valence-electron chi connectivity index (χ2n) is 4.42. The highest BCUT2D eigenvalue weighted by Crippen LogP contribution is 2.38. The number of hydrogen-bond acceptors (Lipinski definition) is 7. The number of benzene rings is 1. The lowest BCUT2D eigenvalue weighted by Crippen LogP contribution is -2.06. The molecule has 0 fully saturated rings. The minimum atomic E-state index is -0.534. The van der Waals surface area contributed by atoms with Crippen LogP contribution in [0.1, 0.15) is 21.8 Å². The maximum absolute atomic E-state index is 12.1. The fourth-order valence-electron chi connectivity index (χ4n) is 1.90. The van der Waals surface area contributed by atoms with Crippen LogP contribution in [0.25, 0.3) is 0 Å². The highest BCUT2D eigenvalue weighted by atomic mass is 16.6. The molecule has 7 heteroatoms. The molecule has 0 N–H and O–H groups in total. The van der Waals surface area contributed by atoms with Gasteiger partial charge in [0.2, 0.25) is 5.75 Å². The van der Waals surface area contributed by atoms with Crippen LogP contribution in [0, 0.1) is 6.92 Å². The van der Waals surface area contributed by atoms with E-state index in [-0.39, 0.29) is 12.2 Å². The second kappa shape index (κ2) is 6.84. The van der Waals surface area contributed by atoms with Crippen molar-refractivity contribution in [1.29, 1.82) is 0 Å². The van der Waals surface area contributed by atoms with Crippen molar-refractivity contribution < 1.29 is 28.3 Å². The molecule has 2 rings (SSSR count). The van der Waals surface area contributed by atoms with Crippen molar-refractivity contribution in [2.75, 3.05) is 21.3 Å². The van der Waals surface area contributed by atoms with Gasteiger partial charge in [-0.2, -0.15) is 0 Å². The van der Waals surface area contributed by atoms with Crippen LogP contribution in [0.15, 0.2) is 22.7 Å². The molecule has 1 aromatic heterocycles. The number of aromatic nitrogens is 1. The van der Waals surface area contributed by atoms with E-state index < -0.39 is 5.97 Å². The molecule has 0 bridgehead atoms. The minimum Gasteiger partial charge on any atom is -0.493 e. The molecule has 0 saturated heterocycles. The number of methoxy groups -OCH3 is 3. The Morgan fingerprint density at radius 1 is 1.09 bits per heavy atom. The normalized spacial score (nSPS) is 10.2. The summed E-state index contributed by atoms with van der Waals surface area (Å²) in [5.41, 5.74) is 1.00. The topological polar surface area (TPSA) is 80.0 Å². The molecule has 1 heterocycles. The predicted molar refractivity (Wildman–Crippen MR) is 76.5 cm³/mol. The quantitative estimate of drug-likeness (QED) is 0.758. The highest BCUT2D eigenvalue weighted by Gasteiger charge is 2.18. The summed E-state index contributed by atoms with van der Waals surface area (Å²) in [4.78, 5) is 12.1. The summed E-state index contributed by atoms with van der Waals surface area (Å²) >= 11 is 0. The number of ether oxygens (including phenoxy) is 4. The molecule has 0 spiro atoms. The van der Waals surface area contributed by atoms with Gasteiger partial charge in [-0.25, -0.2) is 4.79 Å². The van der Waals surface area contributed by atoms with Gasteiger partial charge in [-0.1, -0.05) is 5.16 Å². The Bertz CT molecular complexity index is 639. The number of hydrogen-bond donors (Lipinski definition) is 0. The Balaban J connectivity index is 2.18. The molecule has 0 atom stereocenters. The summed E-state index contributed by atoms with van der Waals surface area (Å²) in [6.45, 7) is 1.78. The average Bonchev–Trinajstić information content (AvgIpc) is 2.96. The molecule has 0 saturated carbocycles. The van der Waals surface area contributed by atoms with Gasteiger partial charge in [0.1, 0.15) is 0 Å². The molecule has 0 aliphatic rings. The van der Waals surface area contributed by atoms with Gasteiger partial charge in [0.15, 0.2) is 23.9 Å². The van der Waals surface area contributed by atoms with Crippen LogP contribution in [0.2, 0.25) is 0 Å². The molecular formula is C15H17NO6. The standard InChI is InChI=1S/C15H17NO6/c1-9-5-11(22-16-9)8-21-15(17)10-6-12(18-2)14(20-4)13(7-10)19-3/h5-7H,8H2,1-4H3. The molecule has 0 aliphatic heterocycles. The Hall–Kier alpha value is -2.70. The Morgan fingerprint density at radius 2 is 1.73 bits per heavy atom. The van der Waals surface area contributed by atoms with E-state index in [1.54, 1.807) is 13.0 Å². The van der Waals surface area contributed by atoms with E-state index in [1.807, 2.05) is 0 Å². The van der Waals surface area contributed by atoms with E-state index in [1.165, 1.54) is 33.5 Å². The molecule has 2 aromatic rings. The lowest BCUT2D eigenvalue weighted by Gasteiger charge is -2.13. The predicted octanol–water partition coefficient (Wildman–Crippen LogP) is 2.37. The maximum atomic E-state index is 12.1. The largest absolute Gasteiger partial charge is 0.493 e. The van der Waals surface area contributed by atoms with E-state index in [4.69, 9.17) is 23.5 Å². The number of carbonyl (C=O) groups excluding carboxylic acids is 1. The summed E-state index contributed by atoms with van der Waals surface area (Å²) in [5, 5.41) is 3.72. The molecule has 0 aliphatic carbocycles. The molecular weight excluding hydrogens is 290 g/mol. The Labute approximate surface area is 127 Å². The van der Waals surface area contributed by atoms with Crippen molar-refractivity contribution >= 4 is 5.97 Å². The second-order valence-corrected chi connectivity index (χ2v) is 4.42. The third kappa shape index (κ3) is 3.30. The van der Waals surface area contributed by atoms with Crippen molar-refractivity contribution in [2.24, 2.45) is 0 Å². The molecule has 0 radical (unpaired) electrons. The number of nitrogens with zero attached hydrogens (tertiary/aromatic N) is 1. The van der Waals surface area contributed by atoms with Crippen LogP contribution < -0.4 is 14.2 Å². The first-order valence-electron chi connectivity index (χ1n) is 6.48. The molecule has 7 nitrogen and oxygen atoms in total. The van der Waals surface area contributed by atoms with E-state index in [0.717, 1.165) is 5.69 Å². The van der Waals surface area contributed by atoms with Crippen LogP contribution in [-0.2, 0) is 11.3 Å². The van der Waals surface area contributed by atoms with E-state index in [9.17, 15) is 4.79 Å². The zero-order valence-electron chi connectivity index (χ0n) is 12.8. The van der Waals surface area contributed by atoms with Crippen LogP contribution >= 0.6 is 0 Å². The van der Waals surface area contributed by atoms with Crippen molar-refractivity contribution in [3.05, 3.63) is 35.2 Å². The van der Waals surface area contributed by atoms with Gasteiger partial charge in [0, 0.05) is 6.07 Å². The van der Waals surface area contributed by atoms with Crippen molar-refractivity contribution in [1.82, 2.24) is 5.16 Å². The lowest BCUT2D eigenvalue weighted by molar-refractivity contribution is 0.0436. The van der Waals surface area contributed by atoms with E-state index in [0.29, 0.717) is 23.0 Å². The molecule has 1 aromatic carbocycles. The molecule has 0 amide bonds. The first kappa shape index (κ1) is 15.7. The van der Waals surface area contributed by atoms with Gasteiger partial charge in [-0.3, -0.25) is 0 Å². The zero-order valence-corrected chi connectivity index (χ0v) is 12.8. The van der Waals surface area contributed by atoms with Crippen molar-refractivity contribution in [2.45, 2.75) is 13.5 Å². The summed E-state index contributed by atoms with van der Waals surface area (Å²) in [6, 6.07) is 4.74. The minimum absolute atomic E-state index is 0.00364. The van der Waals surface area contributed by atoms with Gasteiger partial charge in [-0.15, -0.1) is 0 Å². The summed E-state index contributed by atoms with van der Waals surface area (Å²) in [6.07, 6.45) is 0. The van der Waals surface area contributed by atoms with Gasteiger partial charge >= 0.3 is 5.97 Å². The summed E-state index contributed by atoms with van der Waals surface area (Å²) < 4.78 is 25.7. The van der Waals surface area contributed by atoms with Gasteiger partial charge in [-0.05, 0) is 19.1 Å². The van der Waals surface area contributed by atoms with Gasteiger partial charge < -0.3 is 23.5 Å². The zero-order chi connectivity index (χ0) is 16.1. The fraction of sp³-hybridized carbons (Fsp3) is 0.333. The molecule has 0 unspecified atom stereocenters. The van der Waals surface area contributed by atoms with Crippen LogP contribution in [-0.4, -0.2) is 32.5 Å². The first-order valence-corrected chi connectivity index (χ1v) is 6.48. The summed E-state index contributed by atoms with van der Waals surface area (Å²) in [7, 11) is 4.44. The van der Waals surface area contributed by atoms with Crippen LogP contribution in [0.5, 0.6) is 17.2 Å². The Morgan fingerprint density at radius 3 is 2.18 bits per heavy atom.